The van der Waals surface area contributed by atoms with E-state index in [1.165, 1.54) is 18.4 Å². The fraction of sp³-hybridized carbons (Fsp3) is 0.477. The number of thiazole rings is 1. The van der Waals surface area contributed by atoms with Crippen LogP contribution < -0.4 is 30.5 Å². The summed E-state index contributed by atoms with van der Waals surface area (Å²) in [6.45, 7) is 6.67. The number of ether oxygens (including phenoxy) is 1. The summed E-state index contributed by atoms with van der Waals surface area (Å²) in [5.41, 5.74) is 6.74. The van der Waals surface area contributed by atoms with Gasteiger partial charge in [-0.15, -0.1) is 11.3 Å². The van der Waals surface area contributed by atoms with Gasteiger partial charge in [0.15, 0.2) is 0 Å². The van der Waals surface area contributed by atoms with E-state index < -0.39 is 17.9 Å². The zero-order chi connectivity index (χ0) is 42.0. The van der Waals surface area contributed by atoms with E-state index in [2.05, 4.69) is 63.6 Å². The Balaban J connectivity index is 0.807. The summed E-state index contributed by atoms with van der Waals surface area (Å²) in [6, 6.07) is 11.0. The standard InChI is InChI=1S/C44H52N10O6S/c1-60-38-21-31(2-3-32(38)41(57)47-34-4-5-39(56)49-43(34)59)52-16-7-27(8-17-52)23-51-14-11-30(12-15-51)54-24-29-20-36(48-42(58)33-6-13-45-44-40(33)46-26-61-44)37(22-35(29)50-54)53-18-9-28(25-55)10-19-53/h2-3,6,13,20-22,24,26-28,30,34,55H,4-5,7-12,14-19,23,25H2,1H3,(H,47,57)(H,48,58)(H,49,56,59)/t34-/m0/s1. The fourth-order valence-electron chi connectivity index (χ4n) is 9.37. The number of nitrogens with zero attached hydrogens (tertiary/aromatic N) is 7. The predicted molar refractivity (Wildman–Crippen MR) is 233 cm³/mol. The number of piperidine rings is 4. The quantitative estimate of drug-likeness (QED) is 0.136. The summed E-state index contributed by atoms with van der Waals surface area (Å²) in [5, 5.41) is 24.1. The van der Waals surface area contributed by atoms with Crippen LogP contribution >= 0.6 is 11.3 Å². The SMILES string of the molecule is COc1cc(N2CCC(CN3CCC(n4cc5cc(NC(=O)c6ccnc7scnc67)c(N6CCC(CO)CC6)cc5n4)CC3)CC2)ccc1C(=O)N[C@H]1CCC(=O)NC1=O. The molecule has 7 heterocycles. The highest BCUT2D eigenvalue weighted by molar-refractivity contribution is 7.16. The normalized spacial score (nSPS) is 20.0. The van der Waals surface area contributed by atoms with Crippen LogP contribution in [0, 0.1) is 11.8 Å². The molecule has 61 heavy (non-hydrogen) atoms. The minimum atomic E-state index is -0.753. The first-order valence-corrected chi connectivity index (χ1v) is 22.3. The maximum atomic E-state index is 13.7. The second kappa shape index (κ2) is 17.8. The molecule has 0 saturated carbocycles. The minimum Gasteiger partial charge on any atom is -0.496 e. The highest BCUT2D eigenvalue weighted by Crippen LogP contribution is 2.36. The third-order valence-electron chi connectivity index (χ3n) is 13.0. The van der Waals surface area contributed by atoms with Crippen LogP contribution in [0.2, 0.25) is 0 Å². The lowest BCUT2D eigenvalue weighted by Gasteiger charge is -2.38. The second-order valence-electron chi connectivity index (χ2n) is 16.8. The van der Waals surface area contributed by atoms with Gasteiger partial charge < -0.3 is 35.2 Å². The smallest absolute Gasteiger partial charge is 0.258 e. The average Bonchev–Trinajstić information content (AvgIpc) is 3.95. The highest BCUT2D eigenvalue weighted by Gasteiger charge is 2.31. The molecule has 0 radical (unpaired) electrons. The van der Waals surface area contributed by atoms with Crippen LogP contribution in [0.15, 0.2) is 54.3 Å². The Morgan fingerprint density at radius 3 is 2.41 bits per heavy atom. The monoisotopic (exact) mass is 848 g/mol. The highest BCUT2D eigenvalue weighted by atomic mass is 32.1. The van der Waals surface area contributed by atoms with E-state index in [9.17, 15) is 24.3 Å². The van der Waals surface area contributed by atoms with Gasteiger partial charge >= 0.3 is 0 Å². The third-order valence-corrected chi connectivity index (χ3v) is 13.7. The number of nitrogens with one attached hydrogen (secondary N) is 3. The number of aliphatic hydroxyl groups excluding tert-OH is 1. The molecule has 320 valence electrons. The average molecular weight is 849 g/mol. The Morgan fingerprint density at radius 1 is 0.885 bits per heavy atom. The number of hydrogen-bond donors (Lipinski definition) is 4. The van der Waals surface area contributed by atoms with E-state index in [0.29, 0.717) is 28.3 Å². The van der Waals surface area contributed by atoms with Crippen LogP contribution in [0.25, 0.3) is 21.3 Å². The number of carbonyl (C=O) groups excluding carboxylic acids is 4. The molecule has 16 nitrogen and oxygen atoms in total. The van der Waals surface area contributed by atoms with Gasteiger partial charge in [-0.25, -0.2) is 9.97 Å². The molecule has 4 aliphatic rings. The van der Waals surface area contributed by atoms with Crippen molar-refractivity contribution in [3.63, 3.8) is 0 Å². The van der Waals surface area contributed by atoms with Crippen molar-refractivity contribution in [1.29, 1.82) is 0 Å². The maximum Gasteiger partial charge on any atom is 0.258 e. The lowest BCUT2D eigenvalue weighted by Crippen LogP contribution is -2.52. The summed E-state index contributed by atoms with van der Waals surface area (Å²) < 4.78 is 7.74. The number of aromatic nitrogens is 4. The summed E-state index contributed by atoms with van der Waals surface area (Å²) in [6.07, 6.45) is 10.2. The molecule has 9 rings (SSSR count). The number of benzene rings is 2. The van der Waals surface area contributed by atoms with E-state index >= 15 is 0 Å². The molecule has 4 N–H and O–H groups in total. The fourth-order valence-corrected chi connectivity index (χ4v) is 10.0. The lowest BCUT2D eigenvalue weighted by atomic mass is 9.94. The Bertz CT molecular complexity index is 2430. The van der Waals surface area contributed by atoms with Crippen molar-refractivity contribution in [3.05, 3.63) is 65.4 Å². The van der Waals surface area contributed by atoms with Crippen LogP contribution in [-0.4, -0.2) is 119 Å². The first-order valence-electron chi connectivity index (χ1n) is 21.4. The van der Waals surface area contributed by atoms with Crippen LogP contribution in [0.3, 0.4) is 0 Å². The number of likely N-dealkylation sites (tertiary alicyclic amines) is 1. The van der Waals surface area contributed by atoms with Crippen LogP contribution in [-0.2, 0) is 9.59 Å². The lowest BCUT2D eigenvalue weighted by molar-refractivity contribution is -0.134. The molecule has 2 aromatic carbocycles. The largest absolute Gasteiger partial charge is 0.496 e. The number of hydrogen-bond acceptors (Lipinski definition) is 13. The topological polar surface area (TPSA) is 187 Å². The maximum absolute atomic E-state index is 13.7. The number of anilines is 3. The molecule has 1 atom stereocenters. The number of carbonyl (C=O) groups is 4. The van der Waals surface area contributed by atoms with Gasteiger partial charge in [0.1, 0.15) is 22.1 Å². The Labute approximate surface area is 357 Å². The summed E-state index contributed by atoms with van der Waals surface area (Å²) in [7, 11) is 1.54. The van der Waals surface area contributed by atoms with E-state index in [4.69, 9.17) is 9.84 Å². The third kappa shape index (κ3) is 8.77. The van der Waals surface area contributed by atoms with Gasteiger partial charge in [-0.1, -0.05) is 0 Å². The van der Waals surface area contributed by atoms with Crippen molar-refractivity contribution < 1.29 is 29.0 Å². The molecular formula is C44H52N10O6S. The molecule has 17 heteroatoms. The number of methoxy groups -OCH3 is 1. The van der Waals surface area contributed by atoms with Crippen LogP contribution in [0.4, 0.5) is 17.1 Å². The zero-order valence-electron chi connectivity index (χ0n) is 34.3. The van der Waals surface area contributed by atoms with Gasteiger partial charge in [0.25, 0.3) is 11.8 Å². The second-order valence-corrected chi connectivity index (χ2v) is 17.6. The van der Waals surface area contributed by atoms with Gasteiger partial charge in [-0.3, -0.25) is 29.2 Å². The molecule has 3 aromatic heterocycles. The van der Waals surface area contributed by atoms with Crippen molar-refractivity contribution >= 4 is 73.3 Å². The van der Waals surface area contributed by atoms with Crippen molar-refractivity contribution in [1.82, 2.24) is 35.3 Å². The molecule has 4 saturated heterocycles. The zero-order valence-corrected chi connectivity index (χ0v) is 35.2. The van der Waals surface area contributed by atoms with Crippen LogP contribution in [0.1, 0.15) is 78.1 Å². The molecule has 0 unspecified atom stereocenters. The number of aliphatic hydroxyl groups is 1. The van der Waals surface area contributed by atoms with E-state index in [1.54, 1.807) is 23.8 Å². The minimum absolute atomic E-state index is 0.191. The molecule has 0 aliphatic carbocycles. The van der Waals surface area contributed by atoms with Gasteiger partial charge in [0.2, 0.25) is 11.8 Å². The molecule has 5 aromatic rings. The van der Waals surface area contributed by atoms with Gasteiger partial charge in [0.05, 0.1) is 46.7 Å². The van der Waals surface area contributed by atoms with Crippen LogP contribution in [0.5, 0.6) is 5.75 Å². The van der Waals surface area contributed by atoms with Crippen molar-refractivity contribution in [2.75, 3.05) is 74.6 Å². The molecule has 4 fully saturated rings. The Kier molecular flexibility index (Phi) is 11.9. The van der Waals surface area contributed by atoms with Crippen molar-refractivity contribution in [2.24, 2.45) is 11.8 Å². The van der Waals surface area contributed by atoms with Gasteiger partial charge in [0, 0.05) is 88.4 Å². The molecule has 4 aliphatic heterocycles. The summed E-state index contributed by atoms with van der Waals surface area (Å²) in [5.74, 6) is -0.113. The summed E-state index contributed by atoms with van der Waals surface area (Å²) in [4.78, 5) is 67.2. The van der Waals surface area contributed by atoms with Gasteiger partial charge in [-0.2, -0.15) is 5.10 Å². The van der Waals surface area contributed by atoms with Crippen molar-refractivity contribution in [2.45, 2.75) is 63.5 Å². The first kappa shape index (κ1) is 40.7. The number of fused-ring (bicyclic) bond motifs is 2. The molecule has 0 bridgehead atoms. The molecule has 0 spiro atoms. The first-order chi connectivity index (χ1) is 29.7. The number of pyridine rings is 1. The number of imide groups is 1. The Hall–Kier alpha value is -5.65. The number of rotatable bonds is 11. The molecular weight excluding hydrogens is 797 g/mol. The number of amides is 4. The van der Waals surface area contributed by atoms with E-state index in [1.807, 2.05) is 12.1 Å². The van der Waals surface area contributed by atoms with E-state index in [-0.39, 0.29) is 43.2 Å². The van der Waals surface area contributed by atoms with Gasteiger partial charge in [-0.05, 0) is 87.1 Å². The predicted octanol–water partition coefficient (Wildman–Crippen LogP) is 4.60. The Morgan fingerprint density at radius 2 is 1.66 bits per heavy atom. The van der Waals surface area contributed by atoms with Crippen molar-refractivity contribution in [3.8, 4) is 5.75 Å². The molecule has 4 amide bonds. The van der Waals surface area contributed by atoms with E-state index in [0.717, 1.165) is 117 Å². The summed E-state index contributed by atoms with van der Waals surface area (Å²) >= 11 is 1.41.